The Balaban J connectivity index is 1.69. The van der Waals surface area contributed by atoms with Crippen molar-refractivity contribution >= 4 is 17.8 Å². The molecule has 12 heteroatoms. The second-order valence-corrected chi connectivity index (χ2v) is 12.1. The highest BCUT2D eigenvalue weighted by atomic mass is 19.2. The lowest BCUT2D eigenvalue weighted by atomic mass is 9.91. The minimum absolute atomic E-state index is 0.0419. The largest absolute Gasteiger partial charge is 0.481 e. The Kier molecular flexibility index (Phi) is 10.9. The van der Waals surface area contributed by atoms with Crippen LogP contribution in [-0.2, 0) is 9.59 Å². The van der Waals surface area contributed by atoms with E-state index in [0.717, 1.165) is 18.2 Å². The molecule has 4 rings (SSSR count). The van der Waals surface area contributed by atoms with E-state index in [2.05, 4.69) is 10.6 Å². The third kappa shape index (κ3) is 7.99. The van der Waals surface area contributed by atoms with Gasteiger partial charge in [0.15, 0.2) is 11.6 Å². The molecule has 3 aromatic carbocycles. The average molecular weight is 666 g/mol. The molecular formula is C36H35F4N3O5. The molecule has 0 radical (unpaired) electrons. The Morgan fingerprint density at radius 2 is 1.46 bits per heavy atom. The lowest BCUT2D eigenvalue weighted by molar-refractivity contribution is -0.137. The van der Waals surface area contributed by atoms with Crippen molar-refractivity contribution in [3.8, 4) is 16.8 Å². The molecule has 2 amide bonds. The van der Waals surface area contributed by atoms with Gasteiger partial charge in [0.05, 0.1) is 12.5 Å². The summed E-state index contributed by atoms with van der Waals surface area (Å²) in [5.41, 5.74) is 0.669. The summed E-state index contributed by atoms with van der Waals surface area (Å²) in [5.74, 6) is -7.14. The molecule has 0 bridgehead atoms. The van der Waals surface area contributed by atoms with Gasteiger partial charge in [0.25, 0.3) is 11.5 Å². The van der Waals surface area contributed by atoms with Crippen LogP contribution in [0.5, 0.6) is 0 Å². The van der Waals surface area contributed by atoms with E-state index in [-0.39, 0.29) is 23.5 Å². The van der Waals surface area contributed by atoms with E-state index in [4.69, 9.17) is 0 Å². The van der Waals surface area contributed by atoms with Gasteiger partial charge < -0.3 is 15.7 Å². The van der Waals surface area contributed by atoms with Crippen LogP contribution >= 0.6 is 0 Å². The van der Waals surface area contributed by atoms with E-state index in [1.165, 1.54) is 47.0 Å². The number of rotatable bonds is 11. The number of nitrogens with one attached hydrogen (secondary N) is 2. The summed E-state index contributed by atoms with van der Waals surface area (Å²) in [6, 6.07) is 9.54. The predicted octanol–water partition coefficient (Wildman–Crippen LogP) is 6.46. The van der Waals surface area contributed by atoms with Gasteiger partial charge in [0.1, 0.15) is 23.2 Å². The molecule has 48 heavy (non-hydrogen) atoms. The van der Waals surface area contributed by atoms with Crippen LogP contribution in [0.2, 0.25) is 0 Å². The van der Waals surface area contributed by atoms with Crippen molar-refractivity contribution in [3.05, 3.63) is 122 Å². The molecule has 0 aliphatic heterocycles. The molecule has 1 heterocycles. The molecule has 0 spiro atoms. The third-order valence-corrected chi connectivity index (χ3v) is 7.85. The van der Waals surface area contributed by atoms with Crippen LogP contribution in [0.15, 0.2) is 65.5 Å². The first-order valence-electron chi connectivity index (χ1n) is 15.1. The van der Waals surface area contributed by atoms with E-state index >= 15 is 8.78 Å². The number of benzene rings is 3. The number of carboxylic acid groups (broad SMARTS) is 1. The normalized spacial score (nSPS) is 12.5. The number of aryl methyl sites for hydroxylation is 3. The number of hydrogen-bond acceptors (Lipinski definition) is 4. The fourth-order valence-electron chi connectivity index (χ4n) is 5.71. The standard InChI is InChI=1S/C36H35F4N3O5/c1-18(2)12-30(42-34(46)26-11-6-21(5)43(36(26)48)25-9-7-23(37)8-10-25)35(47)41-29(17-31(44)45)27-15-22(16-28(39)33(27)40)32-19(3)13-24(38)14-20(32)4/h6-11,13-16,18,29-30H,12,17H2,1-5H3,(H,41,47)(H,42,46)(H,44,45)/t29-,30-/m0/s1. The minimum atomic E-state index is -1.58. The summed E-state index contributed by atoms with van der Waals surface area (Å²) < 4.78 is 59.0. The van der Waals surface area contributed by atoms with Crippen molar-refractivity contribution in [1.82, 2.24) is 15.2 Å². The van der Waals surface area contributed by atoms with Crippen LogP contribution in [0.4, 0.5) is 17.6 Å². The van der Waals surface area contributed by atoms with E-state index < -0.39 is 70.7 Å². The zero-order chi connectivity index (χ0) is 35.4. The van der Waals surface area contributed by atoms with Crippen molar-refractivity contribution in [3.63, 3.8) is 0 Å². The van der Waals surface area contributed by atoms with Gasteiger partial charge in [-0.05, 0) is 116 Å². The molecule has 0 saturated carbocycles. The predicted molar refractivity (Wildman–Crippen MR) is 172 cm³/mol. The van der Waals surface area contributed by atoms with Gasteiger partial charge in [-0.2, -0.15) is 0 Å². The highest BCUT2D eigenvalue weighted by Gasteiger charge is 2.30. The zero-order valence-corrected chi connectivity index (χ0v) is 27.0. The smallest absolute Gasteiger partial charge is 0.305 e. The molecule has 3 N–H and O–H groups in total. The molecule has 8 nitrogen and oxygen atoms in total. The molecule has 0 unspecified atom stereocenters. The van der Waals surface area contributed by atoms with Crippen LogP contribution < -0.4 is 16.2 Å². The van der Waals surface area contributed by atoms with E-state index in [9.17, 15) is 33.1 Å². The zero-order valence-electron chi connectivity index (χ0n) is 27.0. The molecular weight excluding hydrogens is 630 g/mol. The van der Waals surface area contributed by atoms with Gasteiger partial charge >= 0.3 is 5.97 Å². The van der Waals surface area contributed by atoms with Gasteiger partial charge in [-0.15, -0.1) is 0 Å². The van der Waals surface area contributed by atoms with Gasteiger partial charge in [-0.25, -0.2) is 17.6 Å². The molecule has 4 aromatic rings. The number of halogens is 4. The maximum atomic E-state index is 15.3. The molecule has 1 aromatic heterocycles. The van der Waals surface area contributed by atoms with Crippen LogP contribution in [0.3, 0.4) is 0 Å². The Hall–Kier alpha value is -5.26. The number of nitrogens with zero attached hydrogens (tertiary/aromatic N) is 1. The lowest BCUT2D eigenvalue weighted by Crippen LogP contribution is -2.49. The number of aromatic nitrogens is 1. The molecule has 0 aliphatic rings. The molecule has 0 fully saturated rings. The molecule has 0 saturated heterocycles. The first kappa shape index (κ1) is 35.6. The highest BCUT2D eigenvalue weighted by molar-refractivity contribution is 5.97. The number of carboxylic acids is 1. The monoisotopic (exact) mass is 665 g/mol. The van der Waals surface area contributed by atoms with Crippen LogP contribution in [0.1, 0.15) is 65.5 Å². The number of hydrogen-bond donors (Lipinski definition) is 3. The topological polar surface area (TPSA) is 118 Å². The van der Waals surface area contributed by atoms with Crippen LogP contribution in [0, 0.1) is 50.0 Å². The van der Waals surface area contributed by atoms with Gasteiger partial charge in [0.2, 0.25) is 5.91 Å². The second kappa shape index (κ2) is 14.7. The lowest BCUT2D eigenvalue weighted by Gasteiger charge is -2.25. The number of carbonyl (C=O) groups is 3. The van der Waals surface area contributed by atoms with E-state index in [1.807, 2.05) is 0 Å². The highest BCUT2D eigenvalue weighted by Crippen LogP contribution is 2.33. The fourth-order valence-corrected chi connectivity index (χ4v) is 5.71. The fraction of sp³-hybridized carbons (Fsp3) is 0.278. The van der Waals surface area contributed by atoms with E-state index in [1.54, 1.807) is 34.6 Å². The maximum absolute atomic E-state index is 15.3. The van der Waals surface area contributed by atoms with Crippen molar-refractivity contribution in [2.45, 2.75) is 59.5 Å². The number of amides is 2. The Morgan fingerprint density at radius 3 is 2.04 bits per heavy atom. The SMILES string of the molecule is Cc1cc(F)cc(C)c1-c1cc(F)c(F)c([C@H](CC(=O)O)NC(=O)[C@H](CC(C)C)NC(=O)c2ccc(C)n(-c3ccc(F)cc3)c2=O)c1. The summed E-state index contributed by atoms with van der Waals surface area (Å²) in [5, 5.41) is 14.6. The number of aliphatic carboxylic acids is 1. The first-order chi connectivity index (χ1) is 22.6. The summed E-state index contributed by atoms with van der Waals surface area (Å²) >= 11 is 0. The van der Waals surface area contributed by atoms with E-state index in [0.29, 0.717) is 28.1 Å². The number of pyridine rings is 1. The van der Waals surface area contributed by atoms with Crippen LogP contribution in [0.25, 0.3) is 16.8 Å². The van der Waals surface area contributed by atoms with Gasteiger partial charge in [0, 0.05) is 16.9 Å². The number of carbonyl (C=O) groups excluding carboxylic acids is 2. The molecule has 252 valence electrons. The summed E-state index contributed by atoms with van der Waals surface area (Å²) in [4.78, 5) is 52.4. The second-order valence-electron chi connectivity index (χ2n) is 12.1. The minimum Gasteiger partial charge on any atom is -0.481 e. The van der Waals surface area contributed by atoms with Gasteiger partial charge in [-0.3, -0.25) is 23.7 Å². The summed E-state index contributed by atoms with van der Waals surface area (Å²) in [7, 11) is 0. The van der Waals surface area contributed by atoms with Crippen molar-refractivity contribution in [2.24, 2.45) is 5.92 Å². The molecule has 0 aliphatic carbocycles. The summed E-state index contributed by atoms with van der Waals surface area (Å²) in [6.07, 6.45) is -0.796. The van der Waals surface area contributed by atoms with Gasteiger partial charge in [-0.1, -0.05) is 13.8 Å². The Labute approximate surface area is 274 Å². The van der Waals surface area contributed by atoms with Crippen molar-refractivity contribution < 1.29 is 37.1 Å². The maximum Gasteiger partial charge on any atom is 0.305 e. The molecule has 2 atom stereocenters. The summed E-state index contributed by atoms with van der Waals surface area (Å²) in [6.45, 7) is 8.33. The third-order valence-electron chi connectivity index (χ3n) is 7.85. The van der Waals surface area contributed by atoms with Crippen molar-refractivity contribution in [1.29, 1.82) is 0 Å². The van der Waals surface area contributed by atoms with Crippen LogP contribution in [-0.4, -0.2) is 33.5 Å². The quantitative estimate of drug-likeness (QED) is 0.159. The Morgan fingerprint density at radius 1 is 0.833 bits per heavy atom. The average Bonchev–Trinajstić information content (AvgIpc) is 2.98. The Bertz CT molecular complexity index is 1920. The van der Waals surface area contributed by atoms with Crippen molar-refractivity contribution in [2.75, 3.05) is 0 Å². The first-order valence-corrected chi connectivity index (χ1v) is 15.1.